The first kappa shape index (κ1) is 18.9. The number of hydrogen-bond donors (Lipinski definition) is 0. The van der Waals surface area contributed by atoms with Crippen LogP contribution in [0.5, 0.6) is 11.5 Å². The van der Waals surface area contributed by atoms with Crippen LogP contribution in [-0.2, 0) is 17.6 Å². The van der Waals surface area contributed by atoms with Crippen molar-refractivity contribution in [3.05, 3.63) is 59.7 Å². The number of hydrogen-bond acceptors (Lipinski definition) is 3. The molecule has 0 unspecified atom stereocenters. The van der Waals surface area contributed by atoms with Crippen LogP contribution in [0.3, 0.4) is 0 Å². The maximum absolute atomic E-state index is 12.6. The van der Waals surface area contributed by atoms with Crippen molar-refractivity contribution in [1.82, 2.24) is 4.90 Å². The molecular weight excluding hydrogens is 350 g/mol. The first-order valence-corrected chi connectivity index (χ1v) is 10.3. The SMILES string of the molecule is CC1(C)Cc2cccc(OCC(=O)N3CCC(Cc4ccccc4)CC3)c2O1. The smallest absolute Gasteiger partial charge is 0.260 e. The molecule has 4 nitrogen and oxygen atoms in total. The van der Waals surface area contributed by atoms with E-state index in [0.717, 1.165) is 50.1 Å². The minimum atomic E-state index is -0.216. The Bertz CT molecular complexity index is 823. The minimum absolute atomic E-state index is 0.0630. The van der Waals surface area contributed by atoms with Crippen molar-refractivity contribution in [3.8, 4) is 11.5 Å². The molecule has 4 rings (SSSR count). The first-order valence-electron chi connectivity index (χ1n) is 10.3. The second-order valence-corrected chi connectivity index (χ2v) is 8.59. The highest BCUT2D eigenvalue weighted by Gasteiger charge is 2.32. The average Bonchev–Trinajstić information content (AvgIpc) is 3.02. The second-order valence-electron chi connectivity index (χ2n) is 8.59. The lowest BCUT2D eigenvalue weighted by atomic mass is 9.90. The fourth-order valence-electron chi connectivity index (χ4n) is 4.27. The predicted octanol–water partition coefficient (Wildman–Crippen LogP) is 4.26. The lowest BCUT2D eigenvalue weighted by molar-refractivity contribution is -0.134. The fraction of sp³-hybridized carbons (Fsp3) is 0.458. The number of rotatable bonds is 5. The number of likely N-dealkylation sites (tertiary alicyclic amines) is 1. The molecule has 0 N–H and O–H groups in total. The summed E-state index contributed by atoms with van der Waals surface area (Å²) in [7, 11) is 0. The van der Waals surface area contributed by atoms with Gasteiger partial charge < -0.3 is 14.4 Å². The van der Waals surface area contributed by atoms with Gasteiger partial charge in [0, 0.05) is 25.1 Å². The number of piperidine rings is 1. The Morgan fingerprint density at radius 3 is 2.61 bits per heavy atom. The van der Waals surface area contributed by atoms with E-state index in [-0.39, 0.29) is 18.1 Å². The summed E-state index contributed by atoms with van der Waals surface area (Å²) in [5.74, 6) is 2.19. The first-order chi connectivity index (χ1) is 13.5. The third kappa shape index (κ3) is 4.32. The van der Waals surface area contributed by atoms with E-state index in [1.54, 1.807) is 0 Å². The van der Waals surface area contributed by atoms with E-state index in [0.29, 0.717) is 11.7 Å². The van der Waals surface area contributed by atoms with Crippen molar-refractivity contribution in [2.45, 2.75) is 45.1 Å². The zero-order chi connectivity index (χ0) is 19.6. The molecule has 28 heavy (non-hydrogen) atoms. The Morgan fingerprint density at radius 1 is 1.11 bits per heavy atom. The summed E-state index contributed by atoms with van der Waals surface area (Å²) in [6.07, 6.45) is 4.07. The van der Waals surface area contributed by atoms with Crippen LogP contribution >= 0.6 is 0 Å². The predicted molar refractivity (Wildman–Crippen MR) is 110 cm³/mol. The van der Waals surface area contributed by atoms with Crippen LogP contribution in [-0.4, -0.2) is 36.1 Å². The van der Waals surface area contributed by atoms with Crippen LogP contribution in [0, 0.1) is 5.92 Å². The molecule has 2 aromatic carbocycles. The van der Waals surface area contributed by atoms with Crippen LogP contribution in [0.1, 0.15) is 37.8 Å². The van der Waals surface area contributed by atoms with Gasteiger partial charge in [0.25, 0.3) is 5.91 Å². The van der Waals surface area contributed by atoms with Gasteiger partial charge in [0.05, 0.1) is 0 Å². The van der Waals surface area contributed by atoms with Gasteiger partial charge in [-0.1, -0.05) is 42.5 Å². The highest BCUT2D eigenvalue weighted by atomic mass is 16.5. The highest BCUT2D eigenvalue weighted by Crippen LogP contribution is 2.41. The highest BCUT2D eigenvalue weighted by molar-refractivity contribution is 5.78. The van der Waals surface area contributed by atoms with Gasteiger partial charge in [0.1, 0.15) is 5.60 Å². The van der Waals surface area contributed by atoms with E-state index >= 15 is 0 Å². The van der Waals surface area contributed by atoms with Gasteiger partial charge in [-0.2, -0.15) is 0 Å². The molecule has 0 radical (unpaired) electrons. The van der Waals surface area contributed by atoms with Crippen molar-refractivity contribution >= 4 is 5.91 Å². The number of para-hydroxylation sites is 1. The number of benzene rings is 2. The Labute approximate surface area is 167 Å². The van der Waals surface area contributed by atoms with Crippen LogP contribution in [0.25, 0.3) is 0 Å². The van der Waals surface area contributed by atoms with Gasteiger partial charge in [0.15, 0.2) is 18.1 Å². The largest absolute Gasteiger partial charge is 0.483 e. The van der Waals surface area contributed by atoms with E-state index in [2.05, 4.69) is 50.2 Å². The molecule has 0 aliphatic carbocycles. The molecule has 0 saturated carbocycles. The second kappa shape index (κ2) is 7.86. The van der Waals surface area contributed by atoms with Gasteiger partial charge in [-0.25, -0.2) is 0 Å². The monoisotopic (exact) mass is 379 g/mol. The van der Waals surface area contributed by atoms with Crippen molar-refractivity contribution in [2.24, 2.45) is 5.92 Å². The van der Waals surface area contributed by atoms with Gasteiger partial charge in [-0.05, 0) is 50.7 Å². The molecule has 0 aromatic heterocycles. The molecule has 4 heteroatoms. The number of ether oxygens (including phenoxy) is 2. The number of nitrogens with zero attached hydrogens (tertiary/aromatic N) is 1. The molecule has 0 atom stereocenters. The fourth-order valence-corrected chi connectivity index (χ4v) is 4.27. The van der Waals surface area contributed by atoms with Gasteiger partial charge in [0.2, 0.25) is 0 Å². The molecule has 1 amide bonds. The van der Waals surface area contributed by atoms with Crippen molar-refractivity contribution in [2.75, 3.05) is 19.7 Å². The van der Waals surface area contributed by atoms with Crippen molar-refractivity contribution < 1.29 is 14.3 Å². The molecule has 0 spiro atoms. The summed E-state index contributed by atoms with van der Waals surface area (Å²) >= 11 is 0. The molecule has 2 aromatic rings. The molecule has 2 aliphatic heterocycles. The molecule has 148 valence electrons. The lowest BCUT2D eigenvalue weighted by Gasteiger charge is -2.32. The van der Waals surface area contributed by atoms with E-state index in [4.69, 9.17) is 9.47 Å². The van der Waals surface area contributed by atoms with Crippen molar-refractivity contribution in [3.63, 3.8) is 0 Å². The molecule has 2 aliphatic rings. The number of carbonyl (C=O) groups is 1. The van der Waals surface area contributed by atoms with Crippen LogP contribution in [0.2, 0.25) is 0 Å². The summed E-state index contributed by atoms with van der Waals surface area (Å²) in [6.45, 7) is 5.85. The van der Waals surface area contributed by atoms with Gasteiger partial charge in [-0.3, -0.25) is 4.79 Å². The average molecular weight is 380 g/mol. The maximum Gasteiger partial charge on any atom is 0.260 e. The molecule has 1 saturated heterocycles. The summed E-state index contributed by atoms with van der Waals surface area (Å²) in [5, 5.41) is 0. The Kier molecular flexibility index (Phi) is 5.29. The Hall–Kier alpha value is -2.49. The number of fused-ring (bicyclic) bond motifs is 1. The van der Waals surface area contributed by atoms with Crippen LogP contribution in [0.15, 0.2) is 48.5 Å². The van der Waals surface area contributed by atoms with Crippen LogP contribution < -0.4 is 9.47 Å². The quantitative estimate of drug-likeness (QED) is 0.779. The summed E-state index contributed by atoms with van der Waals surface area (Å²) in [4.78, 5) is 14.6. The molecule has 1 fully saturated rings. The van der Waals surface area contributed by atoms with E-state index in [9.17, 15) is 4.79 Å². The number of amides is 1. The topological polar surface area (TPSA) is 38.8 Å². The third-order valence-corrected chi connectivity index (χ3v) is 5.74. The summed E-state index contributed by atoms with van der Waals surface area (Å²) < 4.78 is 11.9. The standard InChI is InChI=1S/C24H29NO3/c1-24(2)16-20-9-6-10-21(23(20)28-24)27-17-22(26)25-13-11-19(12-14-25)15-18-7-4-3-5-8-18/h3-10,19H,11-17H2,1-2H3. The molecule has 0 bridgehead atoms. The Morgan fingerprint density at radius 2 is 1.86 bits per heavy atom. The van der Waals surface area contributed by atoms with E-state index in [1.165, 1.54) is 5.56 Å². The number of carbonyl (C=O) groups excluding carboxylic acids is 1. The summed E-state index contributed by atoms with van der Waals surface area (Å²) in [5.41, 5.74) is 2.32. The van der Waals surface area contributed by atoms with E-state index < -0.39 is 0 Å². The lowest BCUT2D eigenvalue weighted by Crippen LogP contribution is -2.41. The van der Waals surface area contributed by atoms with Gasteiger partial charge in [-0.15, -0.1) is 0 Å². The minimum Gasteiger partial charge on any atom is -0.483 e. The normalized spacial score (nSPS) is 18.4. The molecular formula is C24H29NO3. The van der Waals surface area contributed by atoms with E-state index in [1.807, 2.05) is 17.0 Å². The Balaban J connectivity index is 1.28. The van der Waals surface area contributed by atoms with Gasteiger partial charge >= 0.3 is 0 Å². The summed E-state index contributed by atoms with van der Waals surface area (Å²) in [6, 6.07) is 16.5. The van der Waals surface area contributed by atoms with Crippen molar-refractivity contribution in [1.29, 1.82) is 0 Å². The zero-order valence-electron chi connectivity index (χ0n) is 16.8. The maximum atomic E-state index is 12.6. The third-order valence-electron chi connectivity index (χ3n) is 5.74. The molecule has 2 heterocycles. The van der Waals surface area contributed by atoms with Crippen LogP contribution in [0.4, 0.5) is 0 Å². The zero-order valence-corrected chi connectivity index (χ0v) is 16.8.